The van der Waals surface area contributed by atoms with Crippen molar-refractivity contribution in [3.8, 4) is 11.5 Å². The van der Waals surface area contributed by atoms with Crippen LogP contribution >= 0.6 is 0 Å². The highest BCUT2D eigenvalue weighted by molar-refractivity contribution is 5.92. The van der Waals surface area contributed by atoms with Crippen LogP contribution in [0.5, 0.6) is 11.5 Å². The molecule has 1 aromatic heterocycles. The minimum atomic E-state index is -0.179. The molecule has 2 aromatic carbocycles. The normalized spacial score (nSPS) is 15.3. The molecule has 33 heavy (non-hydrogen) atoms. The molecule has 2 heterocycles. The predicted octanol–water partition coefficient (Wildman–Crippen LogP) is 3.45. The number of ether oxygens (including phenoxy) is 2. The Morgan fingerprint density at radius 3 is 2.58 bits per heavy atom. The first-order valence-electron chi connectivity index (χ1n) is 11.0. The van der Waals surface area contributed by atoms with Crippen molar-refractivity contribution >= 4 is 17.5 Å². The highest BCUT2D eigenvalue weighted by Crippen LogP contribution is 2.37. The Morgan fingerprint density at radius 2 is 1.79 bits per heavy atom. The van der Waals surface area contributed by atoms with E-state index in [-0.39, 0.29) is 30.8 Å². The lowest BCUT2D eigenvalue weighted by Crippen LogP contribution is -2.33. The van der Waals surface area contributed by atoms with Crippen LogP contribution in [0.1, 0.15) is 30.0 Å². The Kier molecular flexibility index (Phi) is 6.92. The lowest BCUT2D eigenvalue weighted by Gasteiger charge is -2.26. The van der Waals surface area contributed by atoms with E-state index in [1.807, 2.05) is 53.4 Å². The van der Waals surface area contributed by atoms with Gasteiger partial charge in [-0.3, -0.25) is 14.3 Å². The van der Waals surface area contributed by atoms with Gasteiger partial charge in [0.05, 0.1) is 38.6 Å². The molecular weight excluding hydrogens is 420 g/mol. The van der Waals surface area contributed by atoms with E-state index in [0.29, 0.717) is 18.0 Å². The number of anilines is 1. The van der Waals surface area contributed by atoms with Crippen LogP contribution in [-0.2, 0) is 22.6 Å². The fourth-order valence-electron chi connectivity index (χ4n) is 4.30. The van der Waals surface area contributed by atoms with Gasteiger partial charge >= 0.3 is 0 Å². The van der Waals surface area contributed by atoms with Crippen molar-refractivity contribution in [1.29, 1.82) is 0 Å². The van der Waals surface area contributed by atoms with Gasteiger partial charge in [-0.15, -0.1) is 0 Å². The molecular formula is C25H28N4O4. The number of carbonyl (C=O) groups is 2. The third-order valence-electron chi connectivity index (χ3n) is 5.83. The van der Waals surface area contributed by atoms with E-state index in [4.69, 9.17) is 9.47 Å². The molecule has 1 saturated heterocycles. The molecule has 8 nitrogen and oxygen atoms in total. The molecule has 0 spiro atoms. The molecule has 1 aliphatic heterocycles. The standard InChI is InChI=1S/C25H28N4O4/c1-32-22-11-5-3-8-18(22)14-24(30)27-19-15-26-28(16-19)17-25(31)29-13-7-10-21(29)20-9-4-6-12-23(20)33-2/h3-6,8-9,11-12,15-16,21H,7,10,13-14,17H2,1-2H3,(H,27,30). The van der Waals surface area contributed by atoms with Crippen LogP contribution in [0.4, 0.5) is 5.69 Å². The SMILES string of the molecule is COc1ccccc1CC(=O)Nc1cnn(CC(=O)N2CCCC2c2ccccc2OC)c1. The molecule has 0 bridgehead atoms. The molecule has 0 saturated carbocycles. The molecule has 0 aliphatic carbocycles. The van der Waals surface area contributed by atoms with Crippen molar-refractivity contribution in [3.63, 3.8) is 0 Å². The minimum Gasteiger partial charge on any atom is -0.496 e. The van der Waals surface area contributed by atoms with E-state index in [2.05, 4.69) is 10.4 Å². The van der Waals surface area contributed by atoms with Crippen LogP contribution in [0.3, 0.4) is 0 Å². The molecule has 1 atom stereocenters. The molecule has 1 unspecified atom stereocenters. The number of para-hydroxylation sites is 2. The van der Waals surface area contributed by atoms with Gasteiger partial charge in [0, 0.05) is 23.9 Å². The number of hydrogen-bond acceptors (Lipinski definition) is 5. The lowest BCUT2D eigenvalue weighted by molar-refractivity contribution is -0.133. The molecule has 4 rings (SSSR count). The maximum absolute atomic E-state index is 13.1. The summed E-state index contributed by atoms with van der Waals surface area (Å²) >= 11 is 0. The number of methoxy groups -OCH3 is 2. The van der Waals surface area contributed by atoms with Gasteiger partial charge in [-0.05, 0) is 25.0 Å². The zero-order valence-electron chi connectivity index (χ0n) is 18.9. The fraction of sp³-hybridized carbons (Fsp3) is 0.320. The summed E-state index contributed by atoms with van der Waals surface area (Å²) in [6.45, 7) is 0.805. The van der Waals surface area contributed by atoms with Crippen LogP contribution in [0.25, 0.3) is 0 Å². The van der Waals surface area contributed by atoms with Crippen molar-refractivity contribution in [1.82, 2.24) is 14.7 Å². The first-order valence-corrected chi connectivity index (χ1v) is 11.0. The van der Waals surface area contributed by atoms with Gasteiger partial charge in [0.1, 0.15) is 18.0 Å². The topological polar surface area (TPSA) is 85.7 Å². The third kappa shape index (κ3) is 5.16. The molecule has 2 amide bonds. The summed E-state index contributed by atoms with van der Waals surface area (Å²) in [6, 6.07) is 15.2. The van der Waals surface area contributed by atoms with E-state index < -0.39 is 0 Å². The quantitative estimate of drug-likeness (QED) is 0.571. The number of carbonyl (C=O) groups excluding carboxylic acids is 2. The molecule has 1 fully saturated rings. The Labute approximate surface area is 193 Å². The summed E-state index contributed by atoms with van der Waals surface area (Å²) in [4.78, 5) is 27.4. The zero-order valence-corrected chi connectivity index (χ0v) is 18.9. The number of benzene rings is 2. The lowest BCUT2D eigenvalue weighted by atomic mass is 10.0. The van der Waals surface area contributed by atoms with Gasteiger partial charge in [-0.2, -0.15) is 5.10 Å². The van der Waals surface area contributed by atoms with E-state index in [1.54, 1.807) is 31.3 Å². The summed E-state index contributed by atoms with van der Waals surface area (Å²) < 4.78 is 12.4. The number of aromatic nitrogens is 2. The van der Waals surface area contributed by atoms with Crippen LogP contribution < -0.4 is 14.8 Å². The number of amides is 2. The van der Waals surface area contributed by atoms with Gasteiger partial charge in [0.2, 0.25) is 11.8 Å². The highest BCUT2D eigenvalue weighted by atomic mass is 16.5. The zero-order chi connectivity index (χ0) is 23.2. The summed E-state index contributed by atoms with van der Waals surface area (Å²) in [6.07, 6.45) is 5.25. The van der Waals surface area contributed by atoms with Gasteiger partial charge in [0.25, 0.3) is 0 Å². The van der Waals surface area contributed by atoms with E-state index >= 15 is 0 Å². The molecule has 8 heteroatoms. The van der Waals surface area contributed by atoms with Crippen molar-refractivity contribution < 1.29 is 19.1 Å². The maximum Gasteiger partial charge on any atom is 0.244 e. The first-order chi connectivity index (χ1) is 16.1. The van der Waals surface area contributed by atoms with E-state index in [1.165, 1.54) is 0 Å². The van der Waals surface area contributed by atoms with Crippen LogP contribution in [0, 0.1) is 0 Å². The number of hydrogen-bond donors (Lipinski definition) is 1. The summed E-state index contributed by atoms with van der Waals surface area (Å²) in [7, 11) is 3.23. The minimum absolute atomic E-state index is 0.00996. The molecule has 172 valence electrons. The Morgan fingerprint density at radius 1 is 1.06 bits per heavy atom. The first kappa shape index (κ1) is 22.4. The largest absolute Gasteiger partial charge is 0.496 e. The number of likely N-dealkylation sites (tertiary alicyclic amines) is 1. The van der Waals surface area contributed by atoms with Crippen molar-refractivity contribution in [2.75, 3.05) is 26.1 Å². The highest BCUT2D eigenvalue weighted by Gasteiger charge is 2.31. The van der Waals surface area contributed by atoms with E-state index in [0.717, 1.165) is 29.7 Å². The Hall–Kier alpha value is -3.81. The van der Waals surface area contributed by atoms with E-state index in [9.17, 15) is 9.59 Å². The van der Waals surface area contributed by atoms with Crippen LogP contribution in [0.15, 0.2) is 60.9 Å². The molecule has 0 radical (unpaired) electrons. The molecule has 3 aromatic rings. The Balaban J connectivity index is 1.38. The van der Waals surface area contributed by atoms with Crippen LogP contribution in [0.2, 0.25) is 0 Å². The second kappa shape index (κ2) is 10.2. The summed E-state index contributed by atoms with van der Waals surface area (Å²) in [5.74, 6) is 1.27. The fourth-order valence-corrected chi connectivity index (χ4v) is 4.30. The number of nitrogens with one attached hydrogen (secondary N) is 1. The average Bonchev–Trinajstić information content (AvgIpc) is 3.49. The van der Waals surface area contributed by atoms with Crippen LogP contribution in [-0.4, -0.2) is 47.3 Å². The molecule has 1 aliphatic rings. The van der Waals surface area contributed by atoms with Crippen molar-refractivity contribution in [3.05, 3.63) is 72.1 Å². The molecule has 1 N–H and O–H groups in total. The summed E-state index contributed by atoms with van der Waals surface area (Å²) in [5.41, 5.74) is 2.37. The Bertz CT molecular complexity index is 1130. The average molecular weight is 449 g/mol. The number of rotatable bonds is 8. The smallest absolute Gasteiger partial charge is 0.244 e. The van der Waals surface area contributed by atoms with Gasteiger partial charge < -0.3 is 19.7 Å². The monoisotopic (exact) mass is 448 g/mol. The second-order valence-electron chi connectivity index (χ2n) is 7.95. The number of nitrogens with zero attached hydrogens (tertiary/aromatic N) is 3. The summed E-state index contributed by atoms with van der Waals surface area (Å²) in [5, 5.41) is 7.09. The predicted molar refractivity (Wildman–Crippen MR) is 124 cm³/mol. The van der Waals surface area contributed by atoms with Crippen molar-refractivity contribution in [2.45, 2.75) is 31.8 Å². The third-order valence-corrected chi connectivity index (χ3v) is 5.83. The van der Waals surface area contributed by atoms with Crippen molar-refractivity contribution in [2.24, 2.45) is 0 Å². The van der Waals surface area contributed by atoms with Gasteiger partial charge in [-0.25, -0.2) is 0 Å². The van der Waals surface area contributed by atoms with Gasteiger partial charge in [-0.1, -0.05) is 36.4 Å². The maximum atomic E-state index is 13.1. The second-order valence-corrected chi connectivity index (χ2v) is 7.95. The van der Waals surface area contributed by atoms with Gasteiger partial charge in [0.15, 0.2) is 0 Å².